The van der Waals surface area contributed by atoms with Gasteiger partial charge in [-0.2, -0.15) is 0 Å². The molecule has 146 valence electrons. The number of hydrogen-bond acceptors (Lipinski definition) is 4. The van der Waals surface area contributed by atoms with E-state index >= 15 is 0 Å². The summed E-state index contributed by atoms with van der Waals surface area (Å²) < 4.78 is 31.8. The number of anilines is 1. The SMILES string of the molecule is CS(=O)(=O)N(CC(=O)NCCCOC1CCCCC1)c1ccc(Br)cc1. The molecule has 0 bridgehead atoms. The summed E-state index contributed by atoms with van der Waals surface area (Å²) in [5, 5.41) is 2.77. The second-order valence-corrected chi connectivity index (χ2v) is 9.40. The van der Waals surface area contributed by atoms with Crippen molar-refractivity contribution in [2.24, 2.45) is 0 Å². The van der Waals surface area contributed by atoms with E-state index in [9.17, 15) is 13.2 Å². The van der Waals surface area contributed by atoms with Crippen molar-refractivity contribution in [3.63, 3.8) is 0 Å². The van der Waals surface area contributed by atoms with E-state index in [1.165, 1.54) is 19.3 Å². The predicted octanol–water partition coefficient (Wildman–Crippen LogP) is 3.07. The maximum Gasteiger partial charge on any atom is 0.240 e. The number of hydrogen-bond donors (Lipinski definition) is 1. The Morgan fingerprint density at radius 3 is 2.50 bits per heavy atom. The van der Waals surface area contributed by atoms with Gasteiger partial charge < -0.3 is 10.1 Å². The molecular weight excluding hydrogens is 420 g/mol. The number of halogens is 1. The minimum absolute atomic E-state index is 0.232. The molecule has 26 heavy (non-hydrogen) atoms. The monoisotopic (exact) mass is 446 g/mol. The summed E-state index contributed by atoms with van der Waals surface area (Å²) in [4.78, 5) is 12.1. The summed E-state index contributed by atoms with van der Waals surface area (Å²) >= 11 is 3.31. The van der Waals surface area contributed by atoms with Crippen molar-refractivity contribution in [3.8, 4) is 0 Å². The predicted molar refractivity (Wildman–Crippen MR) is 107 cm³/mol. The lowest BCUT2D eigenvalue weighted by atomic mass is 9.98. The Kier molecular flexibility index (Phi) is 8.37. The van der Waals surface area contributed by atoms with Gasteiger partial charge in [0.1, 0.15) is 6.54 Å². The number of carbonyl (C=O) groups excluding carboxylic acids is 1. The van der Waals surface area contributed by atoms with Gasteiger partial charge in [-0.05, 0) is 43.5 Å². The van der Waals surface area contributed by atoms with E-state index in [0.29, 0.717) is 24.9 Å². The van der Waals surface area contributed by atoms with Gasteiger partial charge in [-0.25, -0.2) is 8.42 Å². The average Bonchev–Trinajstić information content (AvgIpc) is 2.60. The Balaban J connectivity index is 1.75. The number of carbonyl (C=O) groups is 1. The van der Waals surface area contributed by atoms with E-state index in [-0.39, 0.29) is 12.5 Å². The Hall–Kier alpha value is -1.12. The Bertz CT molecular complexity index is 673. The zero-order valence-electron chi connectivity index (χ0n) is 15.1. The average molecular weight is 447 g/mol. The summed E-state index contributed by atoms with van der Waals surface area (Å²) in [6.45, 7) is 0.862. The minimum atomic E-state index is -3.54. The molecule has 0 aromatic heterocycles. The number of sulfonamides is 1. The summed E-state index contributed by atoms with van der Waals surface area (Å²) in [7, 11) is -3.54. The quantitative estimate of drug-likeness (QED) is 0.591. The number of nitrogens with zero attached hydrogens (tertiary/aromatic N) is 1. The van der Waals surface area contributed by atoms with Gasteiger partial charge in [0, 0.05) is 17.6 Å². The van der Waals surface area contributed by atoms with Crippen LogP contribution in [0.3, 0.4) is 0 Å². The van der Waals surface area contributed by atoms with Gasteiger partial charge in [0.25, 0.3) is 0 Å². The summed E-state index contributed by atoms with van der Waals surface area (Å²) in [6.07, 6.45) is 8.20. The number of nitrogens with one attached hydrogen (secondary N) is 1. The molecule has 0 unspecified atom stereocenters. The number of rotatable bonds is 9. The maximum absolute atomic E-state index is 12.1. The van der Waals surface area contributed by atoms with Crippen LogP contribution in [0.1, 0.15) is 38.5 Å². The van der Waals surface area contributed by atoms with Crippen molar-refractivity contribution in [3.05, 3.63) is 28.7 Å². The summed E-state index contributed by atoms with van der Waals surface area (Å²) in [5.74, 6) is -0.323. The zero-order chi connectivity index (χ0) is 19.0. The molecule has 2 rings (SSSR count). The van der Waals surface area contributed by atoms with Crippen LogP contribution in [0.5, 0.6) is 0 Å². The molecule has 0 aliphatic heterocycles. The zero-order valence-corrected chi connectivity index (χ0v) is 17.5. The van der Waals surface area contributed by atoms with Gasteiger partial charge >= 0.3 is 0 Å². The number of amides is 1. The van der Waals surface area contributed by atoms with Crippen LogP contribution in [-0.4, -0.2) is 46.4 Å². The van der Waals surface area contributed by atoms with Gasteiger partial charge in [-0.3, -0.25) is 9.10 Å². The fourth-order valence-electron chi connectivity index (χ4n) is 2.98. The second kappa shape index (κ2) is 10.3. The van der Waals surface area contributed by atoms with Gasteiger partial charge in [0.15, 0.2) is 0 Å². The molecule has 1 aliphatic rings. The second-order valence-electron chi connectivity index (χ2n) is 6.58. The van der Waals surface area contributed by atoms with Crippen molar-refractivity contribution in [2.75, 3.05) is 30.3 Å². The van der Waals surface area contributed by atoms with Crippen LogP contribution in [0.25, 0.3) is 0 Å². The highest BCUT2D eigenvalue weighted by Crippen LogP contribution is 2.21. The first-order valence-electron chi connectivity index (χ1n) is 8.98. The van der Waals surface area contributed by atoms with Gasteiger partial charge in [-0.1, -0.05) is 35.2 Å². The third-order valence-corrected chi connectivity index (χ3v) is 6.02. The molecule has 1 aromatic carbocycles. The van der Waals surface area contributed by atoms with Crippen LogP contribution in [0, 0.1) is 0 Å². The molecule has 0 heterocycles. The fourth-order valence-corrected chi connectivity index (χ4v) is 4.10. The smallest absolute Gasteiger partial charge is 0.240 e. The topological polar surface area (TPSA) is 75.7 Å². The van der Waals surface area contributed by atoms with E-state index in [2.05, 4.69) is 21.2 Å². The Morgan fingerprint density at radius 1 is 1.23 bits per heavy atom. The molecule has 1 N–H and O–H groups in total. The Labute approximate surface area is 164 Å². The first kappa shape index (κ1) is 21.2. The molecular formula is C18H27BrN2O4S. The maximum atomic E-state index is 12.1. The van der Waals surface area contributed by atoms with Crippen LogP contribution < -0.4 is 9.62 Å². The molecule has 0 saturated heterocycles. The van der Waals surface area contributed by atoms with E-state index < -0.39 is 10.0 Å². The minimum Gasteiger partial charge on any atom is -0.378 e. The molecule has 0 atom stereocenters. The highest BCUT2D eigenvalue weighted by molar-refractivity contribution is 9.10. The van der Waals surface area contributed by atoms with Crippen molar-refractivity contribution >= 4 is 37.5 Å². The molecule has 0 radical (unpaired) electrons. The first-order chi connectivity index (χ1) is 12.4. The van der Waals surface area contributed by atoms with E-state index in [1.54, 1.807) is 24.3 Å². The van der Waals surface area contributed by atoms with Crippen molar-refractivity contribution in [2.45, 2.75) is 44.6 Å². The Morgan fingerprint density at radius 2 is 1.88 bits per heavy atom. The summed E-state index contributed by atoms with van der Waals surface area (Å²) in [6, 6.07) is 6.81. The van der Waals surface area contributed by atoms with E-state index in [1.807, 2.05) is 0 Å². The van der Waals surface area contributed by atoms with Crippen LogP contribution in [0.2, 0.25) is 0 Å². The summed E-state index contributed by atoms with van der Waals surface area (Å²) in [5.41, 5.74) is 0.464. The fraction of sp³-hybridized carbons (Fsp3) is 0.611. The van der Waals surface area contributed by atoms with Gasteiger partial charge in [-0.15, -0.1) is 0 Å². The molecule has 0 spiro atoms. The molecule has 1 saturated carbocycles. The number of ether oxygens (including phenoxy) is 1. The first-order valence-corrected chi connectivity index (χ1v) is 11.6. The molecule has 1 aliphatic carbocycles. The highest BCUT2D eigenvalue weighted by Gasteiger charge is 2.20. The molecule has 1 fully saturated rings. The van der Waals surface area contributed by atoms with Crippen LogP contribution in [-0.2, 0) is 19.6 Å². The van der Waals surface area contributed by atoms with Crippen LogP contribution in [0.15, 0.2) is 28.7 Å². The normalized spacial score (nSPS) is 15.6. The van der Waals surface area contributed by atoms with Gasteiger partial charge in [0.05, 0.1) is 18.0 Å². The molecule has 1 aromatic rings. The van der Waals surface area contributed by atoms with Crippen molar-refractivity contribution in [1.82, 2.24) is 5.32 Å². The lowest BCUT2D eigenvalue weighted by Gasteiger charge is -2.23. The third-order valence-electron chi connectivity index (χ3n) is 4.35. The van der Waals surface area contributed by atoms with Crippen LogP contribution >= 0.6 is 15.9 Å². The third kappa shape index (κ3) is 7.25. The van der Waals surface area contributed by atoms with E-state index in [4.69, 9.17) is 4.74 Å². The lowest BCUT2D eigenvalue weighted by molar-refractivity contribution is -0.119. The molecule has 8 heteroatoms. The molecule has 1 amide bonds. The van der Waals surface area contributed by atoms with Crippen molar-refractivity contribution < 1.29 is 17.9 Å². The lowest BCUT2D eigenvalue weighted by Crippen LogP contribution is -2.40. The van der Waals surface area contributed by atoms with Crippen LogP contribution in [0.4, 0.5) is 5.69 Å². The largest absolute Gasteiger partial charge is 0.378 e. The van der Waals surface area contributed by atoms with Gasteiger partial charge in [0.2, 0.25) is 15.9 Å². The molecule has 6 nitrogen and oxygen atoms in total. The van der Waals surface area contributed by atoms with E-state index in [0.717, 1.165) is 34.3 Å². The standard InChI is InChI=1S/C18H27BrN2O4S/c1-26(23,24)21(16-10-8-15(19)9-11-16)14-18(22)20-12-5-13-25-17-6-3-2-4-7-17/h8-11,17H,2-7,12-14H2,1H3,(H,20,22). The number of benzene rings is 1. The van der Waals surface area contributed by atoms with Crippen molar-refractivity contribution in [1.29, 1.82) is 0 Å². The highest BCUT2D eigenvalue weighted by atomic mass is 79.9.